The minimum Gasteiger partial charge on any atom is -0.345 e. The van der Waals surface area contributed by atoms with Crippen molar-refractivity contribution in [2.75, 3.05) is 51.7 Å². The van der Waals surface area contributed by atoms with Gasteiger partial charge in [-0.1, -0.05) is 29.8 Å². The summed E-state index contributed by atoms with van der Waals surface area (Å²) in [5.74, 6) is 0.494. The highest BCUT2D eigenvalue weighted by Crippen LogP contribution is 2.32. The number of nitrogens with zero attached hydrogens (tertiary/aromatic N) is 3. The molecule has 6 nitrogen and oxygen atoms in total. The molecule has 2 fully saturated rings. The quantitative estimate of drug-likeness (QED) is 0.731. The second-order valence-corrected chi connectivity index (χ2v) is 9.28. The van der Waals surface area contributed by atoms with Crippen LogP contribution in [0.25, 0.3) is 11.1 Å². The molecule has 0 aliphatic carbocycles. The van der Waals surface area contributed by atoms with E-state index in [-0.39, 0.29) is 11.9 Å². The third-order valence-corrected chi connectivity index (χ3v) is 6.65. The third-order valence-electron chi connectivity index (χ3n) is 6.34. The number of hydrogen-bond acceptors (Lipinski definition) is 3. The van der Waals surface area contributed by atoms with Gasteiger partial charge in [0.2, 0.25) is 0 Å². The molecular weight excluding hydrogens is 424 g/mol. The Kier molecular flexibility index (Phi) is 7.01. The number of amides is 3. The van der Waals surface area contributed by atoms with Crippen LogP contribution in [-0.4, -0.2) is 68.6 Å². The van der Waals surface area contributed by atoms with Crippen molar-refractivity contribution >= 4 is 29.2 Å². The largest absolute Gasteiger partial charge is 0.345 e. The number of hydrogen-bond donors (Lipinski definition) is 1. The van der Waals surface area contributed by atoms with E-state index in [4.69, 9.17) is 11.6 Å². The normalized spacial score (nSPS) is 17.5. The van der Waals surface area contributed by atoms with Crippen LogP contribution < -0.4 is 10.2 Å². The van der Waals surface area contributed by atoms with E-state index in [0.717, 1.165) is 68.8 Å². The van der Waals surface area contributed by atoms with E-state index >= 15 is 0 Å². The molecule has 2 aliphatic heterocycles. The summed E-state index contributed by atoms with van der Waals surface area (Å²) in [4.78, 5) is 30.9. The predicted molar refractivity (Wildman–Crippen MR) is 129 cm³/mol. The molecule has 170 valence electrons. The van der Waals surface area contributed by atoms with Gasteiger partial charge in [-0.25, -0.2) is 4.79 Å². The van der Waals surface area contributed by atoms with Gasteiger partial charge >= 0.3 is 6.03 Å². The van der Waals surface area contributed by atoms with Crippen LogP contribution in [0, 0.1) is 5.92 Å². The van der Waals surface area contributed by atoms with E-state index < -0.39 is 0 Å². The third kappa shape index (κ3) is 4.92. The number of carbonyl (C=O) groups is 2. The van der Waals surface area contributed by atoms with Crippen molar-refractivity contribution in [1.82, 2.24) is 15.1 Å². The van der Waals surface area contributed by atoms with E-state index in [0.29, 0.717) is 16.5 Å². The lowest BCUT2D eigenvalue weighted by Crippen LogP contribution is -2.51. The Labute approximate surface area is 195 Å². The molecule has 2 heterocycles. The van der Waals surface area contributed by atoms with Gasteiger partial charge in [0.15, 0.2) is 0 Å². The van der Waals surface area contributed by atoms with Crippen molar-refractivity contribution in [3.8, 4) is 11.1 Å². The van der Waals surface area contributed by atoms with Gasteiger partial charge in [0.25, 0.3) is 5.91 Å². The summed E-state index contributed by atoms with van der Waals surface area (Å²) in [5.41, 5.74) is 3.21. The second-order valence-electron chi connectivity index (χ2n) is 8.87. The van der Waals surface area contributed by atoms with Crippen molar-refractivity contribution in [3.63, 3.8) is 0 Å². The highest BCUT2D eigenvalue weighted by molar-refractivity contribution is 6.33. The van der Waals surface area contributed by atoms with Crippen molar-refractivity contribution in [2.24, 2.45) is 5.92 Å². The van der Waals surface area contributed by atoms with Gasteiger partial charge < -0.3 is 15.1 Å². The minimum absolute atomic E-state index is 0.0834. The molecule has 0 unspecified atom stereocenters. The standard InChI is InChI=1S/C25H31ClN4O2/c1-28(2)24(31)20-7-8-22(23(26)16-20)19-5-3-6-21(15-19)30-14-4-13-29(25(30)32)17-18-9-11-27-12-10-18/h3,5-8,15-16,18,27H,4,9-14,17H2,1-2H3. The van der Waals surface area contributed by atoms with Crippen molar-refractivity contribution in [1.29, 1.82) is 0 Å². The average Bonchev–Trinajstić information content (AvgIpc) is 2.80. The molecule has 0 aromatic heterocycles. The molecule has 1 N–H and O–H groups in total. The van der Waals surface area contributed by atoms with E-state index in [1.54, 1.807) is 26.2 Å². The van der Waals surface area contributed by atoms with Crippen molar-refractivity contribution < 1.29 is 9.59 Å². The Bertz CT molecular complexity index is 988. The van der Waals surface area contributed by atoms with E-state index in [1.807, 2.05) is 40.1 Å². The second kappa shape index (κ2) is 9.92. The monoisotopic (exact) mass is 454 g/mol. The fourth-order valence-electron chi connectivity index (χ4n) is 4.55. The summed E-state index contributed by atoms with van der Waals surface area (Å²) in [7, 11) is 3.44. The number of nitrogens with one attached hydrogen (secondary N) is 1. The Balaban J connectivity index is 1.53. The van der Waals surface area contributed by atoms with Gasteiger partial charge in [0.05, 0.1) is 0 Å². The molecule has 32 heavy (non-hydrogen) atoms. The maximum absolute atomic E-state index is 13.3. The zero-order valence-corrected chi connectivity index (χ0v) is 19.6. The zero-order chi connectivity index (χ0) is 22.7. The topological polar surface area (TPSA) is 55.9 Å². The first kappa shape index (κ1) is 22.6. The molecule has 2 aliphatic rings. The maximum Gasteiger partial charge on any atom is 0.324 e. The molecule has 2 aromatic carbocycles. The van der Waals surface area contributed by atoms with Crippen LogP contribution in [0.1, 0.15) is 29.6 Å². The fraction of sp³-hybridized carbons (Fsp3) is 0.440. The SMILES string of the molecule is CN(C)C(=O)c1ccc(-c2cccc(N3CCCN(CC4CCNCC4)C3=O)c2)c(Cl)c1. The highest BCUT2D eigenvalue weighted by Gasteiger charge is 2.29. The number of urea groups is 1. The van der Waals surface area contributed by atoms with Gasteiger partial charge in [-0.3, -0.25) is 9.69 Å². The summed E-state index contributed by atoms with van der Waals surface area (Å²) >= 11 is 6.55. The highest BCUT2D eigenvalue weighted by atomic mass is 35.5. The number of piperidine rings is 1. The fourth-order valence-corrected chi connectivity index (χ4v) is 4.84. The number of rotatable bonds is 5. The molecule has 0 saturated carbocycles. The summed E-state index contributed by atoms with van der Waals surface area (Å²) in [6.07, 6.45) is 3.22. The Morgan fingerprint density at radius 2 is 1.91 bits per heavy atom. The summed E-state index contributed by atoms with van der Waals surface area (Å²) in [6, 6.07) is 13.4. The smallest absolute Gasteiger partial charge is 0.324 e. The number of anilines is 1. The molecule has 0 radical (unpaired) electrons. The molecule has 2 aromatic rings. The molecule has 4 rings (SSSR count). The predicted octanol–water partition coefficient (Wildman–Crippen LogP) is 4.34. The van der Waals surface area contributed by atoms with Crippen LogP contribution in [0.15, 0.2) is 42.5 Å². The summed E-state index contributed by atoms with van der Waals surface area (Å²) in [5, 5.41) is 3.91. The average molecular weight is 455 g/mol. The first-order valence-corrected chi connectivity index (χ1v) is 11.7. The lowest BCUT2D eigenvalue weighted by atomic mass is 9.97. The van der Waals surface area contributed by atoms with Gasteiger partial charge in [-0.2, -0.15) is 0 Å². The van der Waals surface area contributed by atoms with Crippen LogP contribution in [0.4, 0.5) is 10.5 Å². The molecule has 0 atom stereocenters. The summed E-state index contributed by atoms with van der Waals surface area (Å²) < 4.78 is 0. The zero-order valence-electron chi connectivity index (χ0n) is 18.8. The molecule has 0 spiro atoms. The van der Waals surface area contributed by atoms with E-state index in [2.05, 4.69) is 5.32 Å². The maximum atomic E-state index is 13.3. The van der Waals surface area contributed by atoms with Gasteiger partial charge in [0.1, 0.15) is 0 Å². The van der Waals surface area contributed by atoms with Crippen LogP contribution >= 0.6 is 11.6 Å². The van der Waals surface area contributed by atoms with Crippen LogP contribution in [0.3, 0.4) is 0 Å². The number of halogens is 1. The van der Waals surface area contributed by atoms with Crippen molar-refractivity contribution in [3.05, 3.63) is 53.1 Å². The van der Waals surface area contributed by atoms with Crippen LogP contribution in [0.5, 0.6) is 0 Å². The number of benzene rings is 2. The molecule has 7 heteroatoms. The van der Waals surface area contributed by atoms with Crippen LogP contribution in [0.2, 0.25) is 5.02 Å². The van der Waals surface area contributed by atoms with Crippen molar-refractivity contribution in [2.45, 2.75) is 19.3 Å². The molecule has 2 saturated heterocycles. The van der Waals surface area contributed by atoms with Crippen LogP contribution in [-0.2, 0) is 0 Å². The molecular formula is C25H31ClN4O2. The number of carbonyl (C=O) groups excluding carboxylic acids is 2. The van der Waals surface area contributed by atoms with Gasteiger partial charge in [0, 0.05) is 55.6 Å². The van der Waals surface area contributed by atoms with E-state index in [1.165, 1.54) is 4.90 Å². The summed E-state index contributed by atoms with van der Waals surface area (Å²) in [6.45, 7) is 4.46. The first-order valence-electron chi connectivity index (χ1n) is 11.3. The Hall–Kier alpha value is -2.57. The minimum atomic E-state index is -0.0834. The van der Waals surface area contributed by atoms with Gasteiger partial charge in [-0.15, -0.1) is 0 Å². The Morgan fingerprint density at radius 3 is 2.62 bits per heavy atom. The molecule has 3 amide bonds. The van der Waals surface area contributed by atoms with E-state index in [9.17, 15) is 9.59 Å². The lowest BCUT2D eigenvalue weighted by molar-refractivity contribution is 0.0827. The first-order chi connectivity index (χ1) is 15.4. The van der Waals surface area contributed by atoms with Gasteiger partial charge in [-0.05, 0) is 68.1 Å². The molecule has 0 bridgehead atoms. The Morgan fingerprint density at radius 1 is 1.12 bits per heavy atom. The lowest BCUT2D eigenvalue weighted by Gasteiger charge is -2.38.